The number of piperazine rings is 1. The molecule has 1 N–H and O–H groups in total. The smallest absolute Gasteiger partial charge is 0.220 e. The lowest BCUT2D eigenvalue weighted by Crippen LogP contribution is -2.55. The monoisotopic (exact) mass is 303 g/mol. The standard InChI is InChI=1S/C16H18ClN3O/c1-10(21)20-12-2-3-13(20)9-19(8-12)16-7-11(17)6-15-14(16)4-5-18-15/h4-7,12-13,18H,2-3,8-9H2,1H3. The second kappa shape index (κ2) is 4.67. The van der Waals surface area contributed by atoms with E-state index in [1.165, 1.54) is 11.1 Å². The summed E-state index contributed by atoms with van der Waals surface area (Å²) in [6, 6.07) is 6.78. The minimum absolute atomic E-state index is 0.208. The van der Waals surface area contributed by atoms with Gasteiger partial charge in [0.2, 0.25) is 5.91 Å². The number of nitrogens with zero attached hydrogens (tertiary/aromatic N) is 2. The molecule has 4 nitrogen and oxygen atoms in total. The SMILES string of the molecule is CC(=O)N1C2CCC1CN(c1cc(Cl)cc3[nH]ccc13)C2. The summed E-state index contributed by atoms with van der Waals surface area (Å²) >= 11 is 6.26. The molecule has 1 aromatic carbocycles. The first-order chi connectivity index (χ1) is 10.1. The number of carbonyl (C=O) groups is 1. The summed E-state index contributed by atoms with van der Waals surface area (Å²) < 4.78 is 0. The molecule has 2 saturated heterocycles. The highest BCUT2D eigenvalue weighted by Crippen LogP contribution is 2.36. The van der Waals surface area contributed by atoms with Crippen LogP contribution in [-0.2, 0) is 4.79 Å². The highest BCUT2D eigenvalue weighted by Gasteiger charge is 2.41. The van der Waals surface area contributed by atoms with Crippen LogP contribution in [0.1, 0.15) is 19.8 Å². The molecule has 1 amide bonds. The van der Waals surface area contributed by atoms with Crippen molar-refractivity contribution in [2.75, 3.05) is 18.0 Å². The Morgan fingerprint density at radius 1 is 1.29 bits per heavy atom. The number of benzene rings is 1. The number of halogens is 1. The number of aromatic nitrogens is 1. The van der Waals surface area contributed by atoms with Crippen LogP contribution in [0.5, 0.6) is 0 Å². The maximum Gasteiger partial charge on any atom is 0.220 e. The van der Waals surface area contributed by atoms with E-state index in [0.717, 1.165) is 36.5 Å². The fourth-order valence-corrected chi connectivity index (χ4v) is 4.20. The first kappa shape index (κ1) is 13.0. The molecule has 0 spiro atoms. The molecule has 3 heterocycles. The molecule has 0 aliphatic carbocycles. The molecule has 2 unspecified atom stereocenters. The quantitative estimate of drug-likeness (QED) is 0.879. The molecule has 110 valence electrons. The molecule has 1 aromatic heterocycles. The third kappa shape index (κ3) is 2.01. The van der Waals surface area contributed by atoms with E-state index in [2.05, 4.69) is 20.9 Å². The van der Waals surface area contributed by atoms with Crippen LogP contribution in [0, 0.1) is 0 Å². The van der Waals surface area contributed by atoms with Crippen LogP contribution >= 0.6 is 11.6 Å². The number of amides is 1. The van der Waals surface area contributed by atoms with Crippen LogP contribution < -0.4 is 4.90 Å². The van der Waals surface area contributed by atoms with E-state index in [1.54, 1.807) is 6.92 Å². The summed E-state index contributed by atoms with van der Waals surface area (Å²) in [6.07, 6.45) is 4.17. The molecule has 2 aliphatic heterocycles. The van der Waals surface area contributed by atoms with Gasteiger partial charge in [0.15, 0.2) is 0 Å². The Morgan fingerprint density at radius 3 is 2.67 bits per heavy atom. The summed E-state index contributed by atoms with van der Waals surface area (Å²) in [6.45, 7) is 3.48. The van der Waals surface area contributed by atoms with Crippen molar-refractivity contribution in [3.63, 3.8) is 0 Å². The van der Waals surface area contributed by atoms with Crippen molar-refractivity contribution in [2.45, 2.75) is 31.8 Å². The van der Waals surface area contributed by atoms with Gasteiger partial charge in [-0.3, -0.25) is 4.79 Å². The Balaban J connectivity index is 1.72. The Morgan fingerprint density at radius 2 is 2.00 bits per heavy atom. The minimum atomic E-state index is 0.208. The topological polar surface area (TPSA) is 39.3 Å². The van der Waals surface area contributed by atoms with Crippen molar-refractivity contribution in [1.29, 1.82) is 0 Å². The zero-order valence-corrected chi connectivity index (χ0v) is 12.7. The van der Waals surface area contributed by atoms with Crippen molar-refractivity contribution in [1.82, 2.24) is 9.88 Å². The van der Waals surface area contributed by atoms with Crippen molar-refractivity contribution in [2.24, 2.45) is 0 Å². The molecule has 2 bridgehead atoms. The first-order valence-electron chi connectivity index (χ1n) is 7.44. The van der Waals surface area contributed by atoms with Crippen LogP contribution in [0.15, 0.2) is 24.4 Å². The lowest BCUT2D eigenvalue weighted by Gasteiger charge is -2.42. The zero-order chi connectivity index (χ0) is 14.6. The van der Waals surface area contributed by atoms with Crippen LogP contribution in [0.3, 0.4) is 0 Å². The summed E-state index contributed by atoms with van der Waals surface area (Å²) in [4.78, 5) is 19.5. The van der Waals surface area contributed by atoms with Crippen LogP contribution in [0.2, 0.25) is 5.02 Å². The van der Waals surface area contributed by atoms with Gasteiger partial charge in [0.1, 0.15) is 0 Å². The van der Waals surface area contributed by atoms with Gasteiger partial charge in [-0.2, -0.15) is 0 Å². The molecule has 2 aliphatic rings. The largest absolute Gasteiger partial charge is 0.367 e. The van der Waals surface area contributed by atoms with Crippen molar-refractivity contribution < 1.29 is 4.79 Å². The Hall–Kier alpha value is -1.68. The van der Waals surface area contributed by atoms with Gasteiger partial charge in [-0.15, -0.1) is 0 Å². The molecule has 2 fully saturated rings. The van der Waals surface area contributed by atoms with Crippen LogP contribution in [0.25, 0.3) is 10.9 Å². The third-order valence-electron chi connectivity index (χ3n) is 4.80. The molecular formula is C16H18ClN3O. The molecule has 0 radical (unpaired) electrons. The van der Waals surface area contributed by atoms with Gasteiger partial charge in [-0.05, 0) is 31.0 Å². The molecule has 5 heteroatoms. The number of nitrogens with one attached hydrogen (secondary N) is 1. The van der Waals surface area contributed by atoms with E-state index in [1.807, 2.05) is 18.3 Å². The normalized spacial score (nSPS) is 24.9. The summed E-state index contributed by atoms with van der Waals surface area (Å²) in [5, 5.41) is 1.95. The number of hydrogen-bond donors (Lipinski definition) is 1. The first-order valence-corrected chi connectivity index (χ1v) is 7.82. The average Bonchev–Trinajstić information content (AvgIpc) is 3.00. The number of anilines is 1. The second-order valence-electron chi connectivity index (χ2n) is 6.08. The minimum Gasteiger partial charge on any atom is -0.367 e. The molecule has 2 aromatic rings. The maximum atomic E-state index is 11.8. The number of hydrogen-bond acceptors (Lipinski definition) is 2. The van der Waals surface area contributed by atoms with Gasteiger partial charge in [-0.25, -0.2) is 0 Å². The average molecular weight is 304 g/mol. The van der Waals surface area contributed by atoms with E-state index in [0.29, 0.717) is 12.1 Å². The summed E-state index contributed by atoms with van der Waals surface area (Å²) in [5.41, 5.74) is 2.25. The number of rotatable bonds is 1. The third-order valence-corrected chi connectivity index (χ3v) is 5.02. The summed E-state index contributed by atoms with van der Waals surface area (Å²) in [5.74, 6) is 0.208. The van der Waals surface area contributed by atoms with Crippen molar-refractivity contribution in [3.8, 4) is 0 Å². The van der Waals surface area contributed by atoms with E-state index in [4.69, 9.17) is 11.6 Å². The lowest BCUT2D eigenvalue weighted by atomic mass is 10.1. The van der Waals surface area contributed by atoms with Crippen LogP contribution in [-0.4, -0.2) is 41.0 Å². The predicted octanol–water partition coefficient (Wildman–Crippen LogP) is 3.02. The Kier molecular flexibility index (Phi) is 2.89. The molecule has 21 heavy (non-hydrogen) atoms. The zero-order valence-electron chi connectivity index (χ0n) is 12.0. The van der Waals surface area contributed by atoms with Crippen LogP contribution in [0.4, 0.5) is 5.69 Å². The van der Waals surface area contributed by atoms with E-state index in [-0.39, 0.29) is 5.91 Å². The highest BCUT2D eigenvalue weighted by molar-refractivity contribution is 6.31. The van der Waals surface area contributed by atoms with Gasteiger partial charge >= 0.3 is 0 Å². The summed E-state index contributed by atoms with van der Waals surface area (Å²) in [7, 11) is 0. The fourth-order valence-electron chi connectivity index (χ4n) is 3.99. The Labute approximate surface area is 128 Å². The van der Waals surface area contributed by atoms with E-state index in [9.17, 15) is 4.79 Å². The van der Waals surface area contributed by atoms with Gasteiger partial charge < -0.3 is 14.8 Å². The fraction of sp³-hybridized carbons (Fsp3) is 0.438. The van der Waals surface area contributed by atoms with Gasteiger partial charge in [0, 0.05) is 59.9 Å². The number of aromatic amines is 1. The number of H-pyrrole nitrogens is 1. The highest BCUT2D eigenvalue weighted by atomic mass is 35.5. The maximum absolute atomic E-state index is 11.8. The van der Waals surface area contributed by atoms with Crippen molar-refractivity contribution in [3.05, 3.63) is 29.4 Å². The van der Waals surface area contributed by atoms with Crippen molar-refractivity contribution >= 4 is 34.1 Å². The second-order valence-corrected chi connectivity index (χ2v) is 6.52. The van der Waals surface area contributed by atoms with Gasteiger partial charge in [-0.1, -0.05) is 11.6 Å². The molecular weight excluding hydrogens is 286 g/mol. The molecule has 4 rings (SSSR count). The van der Waals surface area contributed by atoms with E-state index < -0.39 is 0 Å². The molecule has 0 saturated carbocycles. The Bertz CT molecular complexity index is 697. The predicted molar refractivity (Wildman–Crippen MR) is 84.9 cm³/mol. The number of fused-ring (bicyclic) bond motifs is 3. The lowest BCUT2D eigenvalue weighted by molar-refractivity contribution is -0.132. The van der Waals surface area contributed by atoms with Gasteiger partial charge in [0.25, 0.3) is 0 Å². The number of carbonyl (C=O) groups excluding carboxylic acids is 1. The van der Waals surface area contributed by atoms with E-state index >= 15 is 0 Å². The molecule has 2 atom stereocenters. The van der Waals surface area contributed by atoms with Gasteiger partial charge in [0.05, 0.1) is 0 Å².